The van der Waals surface area contributed by atoms with Gasteiger partial charge < -0.3 is 0 Å². The lowest BCUT2D eigenvalue weighted by molar-refractivity contribution is -0.247. The van der Waals surface area contributed by atoms with Crippen molar-refractivity contribution in [3.05, 3.63) is 0 Å². The molecule has 15 heteroatoms. The van der Waals surface area contributed by atoms with Crippen molar-refractivity contribution in [2.45, 2.75) is 36.2 Å². The Hall–Kier alpha value is -0.930. The Labute approximate surface area is 138 Å². The largest absolute Gasteiger partial charge is 0.439 e. The van der Waals surface area contributed by atoms with Crippen LogP contribution in [0.3, 0.4) is 0 Å². The highest BCUT2D eigenvalue weighted by Gasteiger charge is 2.82. The molecule has 0 bridgehead atoms. The molecule has 1 rings (SSSR count). The van der Waals surface area contributed by atoms with Crippen molar-refractivity contribution in [3.8, 4) is 0 Å². The number of hydrogen-bond acceptors (Lipinski definition) is 5. The average molecular weight is 421 g/mol. The van der Waals surface area contributed by atoms with Crippen molar-refractivity contribution >= 4 is 25.9 Å². The van der Waals surface area contributed by atoms with E-state index in [9.17, 15) is 48.0 Å². The first-order valence-corrected chi connectivity index (χ1v) is 9.40. The van der Waals surface area contributed by atoms with Gasteiger partial charge in [-0.3, -0.25) is 9.35 Å². The third-order valence-corrected chi connectivity index (χ3v) is 6.60. The van der Waals surface area contributed by atoms with E-state index in [1.807, 2.05) is 0 Å². The molecule has 1 fully saturated rings. The van der Waals surface area contributed by atoms with Gasteiger partial charge >= 0.3 is 26.5 Å². The average Bonchev–Trinajstić information content (AvgIpc) is 2.45. The van der Waals surface area contributed by atoms with Crippen molar-refractivity contribution in [1.29, 1.82) is 0 Å². The van der Waals surface area contributed by atoms with E-state index in [1.165, 1.54) is 0 Å². The van der Waals surface area contributed by atoms with Gasteiger partial charge in [0, 0.05) is 19.0 Å². The molecule has 1 N–H and O–H groups in total. The Morgan fingerprint density at radius 2 is 1.36 bits per heavy atom. The summed E-state index contributed by atoms with van der Waals surface area (Å²) in [5, 5.41) is -13.3. The van der Waals surface area contributed by atoms with E-state index in [0.29, 0.717) is 0 Å². The molecule has 1 aliphatic rings. The molecule has 0 aromatic rings. The van der Waals surface area contributed by atoms with E-state index in [4.69, 9.17) is 4.55 Å². The standard InChI is InChI=1S/C10H13F6NO6S2/c1-6(18)7-2-4-17(5-3-7)24(19,20)9(13,14)8(11,12)10(15,16)25(21,22)23/h7H,2-5H2,1H3,(H,21,22,23). The number of hydrogen-bond donors (Lipinski definition) is 1. The van der Waals surface area contributed by atoms with Gasteiger partial charge in [-0.15, -0.1) is 0 Å². The Morgan fingerprint density at radius 3 is 1.68 bits per heavy atom. The second-order valence-corrected chi connectivity index (χ2v) is 8.81. The van der Waals surface area contributed by atoms with E-state index in [0.717, 1.165) is 6.92 Å². The van der Waals surface area contributed by atoms with Gasteiger partial charge in [0.15, 0.2) is 0 Å². The molecule has 1 saturated heterocycles. The number of rotatable bonds is 6. The molecule has 0 spiro atoms. The SMILES string of the molecule is CC(=O)C1CCN(S(=O)(=O)C(F)(F)C(F)(F)C(F)(F)S(=O)(=O)O)CC1. The maximum Gasteiger partial charge on any atom is 0.439 e. The van der Waals surface area contributed by atoms with Crippen LogP contribution in [0.25, 0.3) is 0 Å². The van der Waals surface area contributed by atoms with E-state index in [-0.39, 0.29) is 17.1 Å². The Bertz CT molecular complexity index is 742. The number of alkyl halides is 6. The first-order valence-electron chi connectivity index (χ1n) is 6.52. The van der Waals surface area contributed by atoms with Crippen molar-refractivity contribution < 1.29 is 52.5 Å². The molecule has 0 aromatic heterocycles. The van der Waals surface area contributed by atoms with Crippen molar-refractivity contribution in [2.75, 3.05) is 13.1 Å². The first kappa shape index (κ1) is 22.1. The van der Waals surface area contributed by atoms with Crippen LogP contribution in [0.15, 0.2) is 0 Å². The summed E-state index contributed by atoms with van der Waals surface area (Å²) in [6, 6.07) is 0. The molecule has 1 aliphatic heterocycles. The minimum atomic E-state index is -7.05. The van der Waals surface area contributed by atoms with Gasteiger partial charge in [0.25, 0.3) is 10.0 Å². The van der Waals surface area contributed by atoms with Crippen molar-refractivity contribution in [1.82, 2.24) is 4.31 Å². The molecule has 0 aliphatic carbocycles. The molecule has 0 unspecified atom stereocenters. The van der Waals surface area contributed by atoms with E-state index < -0.39 is 61.4 Å². The summed E-state index contributed by atoms with van der Waals surface area (Å²) in [6.07, 6.45) is -0.601. The second-order valence-electron chi connectivity index (χ2n) is 5.37. The van der Waals surface area contributed by atoms with E-state index >= 15 is 0 Å². The minimum absolute atomic E-state index is 0.222. The lowest BCUT2D eigenvalue weighted by Crippen LogP contribution is -2.63. The number of halogens is 6. The Morgan fingerprint density at radius 1 is 0.960 bits per heavy atom. The smallest absolute Gasteiger partial charge is 0.300 e. The van der Waals surface area contributed by atoms with E-state index in [2.05, 4.69) is 0 Å². The third kappa shape index (κ3) is 3.38. The fraction of sp³-hybridized carbons (Fsp3) is 0.900. The third-order valence-electron chi connectivity index (χ3n) is 3.75. The normalized spacial score (nSPS) is 19.8. The van der Waals surface area contributed by atoms with Gasteiger partial charge in [-0.1, -0.05) is 0 Å². The Balaban J connectivity index is 3.26. The maximum atomic E-state index is 13.7. The van der Waals surface area contributed by atoms with E-state index in [1.54, 1.807) is 0 Å². The van der Waals surface area contributed by atoms with Crippen LogP contribution in [0.1, 0.15) is 19.8 Å². The van der Waals surface area contributed by atoms with Gasteiger partial charge in [0.1, 0.15) is 5.78 Å². The summed E-state index contributed by atoms with van der Waals surface area (Å²) in [5.41, 5.74) is 0. The topological polar surface area (TPSA) is 109 Å². The number of Topliss-reactive ketones (excluding diaryl/α,β-unsaturated/α-hetero) is 1. The van der Waals surface area contributed by atoms with Crippen LogP contribution in [-0.4, -0.2) is 61.0 Å². The van der Waals surface area contributed by atoms with Crippen LogP contribution in [0.2, 0.25) is 0 Å². The predicted octanol–water partition coefficient (Wildman–Crippen LogP) is 1.33. The highest BCUT2D eigenvalue weighted by Crippen LogP contribution is 2.51. The summed E-state index contributed by atoms with van der Waals surface area (Å²) in [4.78, 5) is 11.1. The monoisotopic (exact) mass is 421 g/mol. The highest BCUT2D eigenvalue weighted by molar-refractivity contribution is 7.90. The molecule has 0 radical (unpaired) electrons. The number of ketones is 1. The molecular formula is C10H13F6NO6S2. The fourth-order valence-electron chi connectivity index (χ4n) is 2.16. The zero-order valence-corrected chi connectivity index (χ0v) is 14.1. The zero-order chi connectivity index (χ0) is 20.1. The maximum absolute atomic E-state index is 13.7. The molecule has 25 heavy (non-hydrogen) atoms. The summed E-state index contributed by atoms with van der Waals surface area (Å²) in [6.45, 7) is -0.504. The van der Waals surface area contributed by atoms with Crippen LogP contribution < -0.4 is 0 Å². The van der Waals surface area contributed by atoms with Crippen LogP contribution >= 0.6 is 0 Å². The number of sulfonamides is 1. The molecule has 1 heterocycles. The molecule has 7 nitrogen and oxygen atoms in total. The number of carbonyl (C=O) groups is 1. The molecule has 148 valence electrons. The summed E-state index contributed by atoms with van der Waals surface area (Å²) >= 11 is 0. The number of nitrogens with zero attached hydrogens (tertiary/aromatic N) is 1. The summed E-state index contributed by atoms with van der Waals surface area (Å²) in [7, 11) is -13.5. The first-order chi connectivity index (χ1) is 10.9. The quantitative estimate of drug-likeness (QED) is 0.512. The van der Waals surface area contributed by atoms with Gasteiger partial charge in [-0.2, -0.15) is 39.1 Å². The van der Waals surface area contributed by atoms with Crippen molar-refractivity contribution in [2.24, 2.45) is 5.92 Å². The lowest BCUT2D eigenvalue weighted by atomic mass is 9.95. The van der Waals surface area contributed by atoms with Crippen LogP contribution in [0.4, 0.5) is 26.3 Å². The number of piperidine rings is 1. The minimum Gasteiger partial charge on any atom is -0.300 e. The van der Waals surface area contributed by atoms with Gasteiger partial charge in [-0.25, -0.2) is 8.42 Å². The second kappa shape index (κ2) is 6.35. The van der Waals surface area contributed by atoms with Crippen LogP contribution in [0, 0.1) is 5.92 Å². The van der Waals surface area contributed by atoms with Gasteiger partial charge in [0.05, 0.1) is 0 Å². The lowest BCUT2D eigenvalue weighted by Gasteiger charge is -2.36. The van der Waals surface area contributed by atoms with Crippen LogP contribution in [-0.2, 0) is 24.9 Å². The zero-order valence-electron chi connectivity index (χ0n) is 12.4. The predicted molar refractivity (Wildman–Crippen MR) is 70.3 cm³/mol. The fourth-order valence-corrected chi connectivity index (χ4v) is 4.14. The van der Waals surface area contributed by atoms with Crippen LogP contribution in [0.5, 0.6) is 0 Å². The highest BCUT2D eigenvalue weighted by atomic mass is 32.2. The Kier molecular flexibility index (Phi) is 5.62. The molecule has 0 aromatic carbocycles. The number of carbonyl (C=O) groups excluding carboxylic acids is 1. The molecule has 0 saturated carbocycles. The van der Waals surface area contributed by atoms with Gasteiger partial charge in [0.2, 0.25) is 0 Å². The molecule has 0 atom stereocenters. The summed E-state index contributed by atoms with van der Waals surface area (Å²) in [5.74, 6) is -8.06. The molecule has 0 amide bonds. The summed E-state index contributed by atoms with van der Waals surface area (Å²) < 4.78 is 132. The molecular weight excluding hydrogens is 408 g/mol. The van der Waals surface area contributed by atoms with Gasteiger partial charge in [-0.05, 0) is 19.8 Å². The van der Waals surface area contributed by atoms with Crippen molar-refractivity contribution in [3.63, 3.8) is 0 Å².